The molecule has 1 aromatic rings. The van der Waals surface area contributed by atoms with Crippen LogP contribution in [0.4, 0.5) is 0 Å². The quantitative estimate of drug-likeness (QED) is 0.866. The Balaban J connectivity index is 0.00000128. The van der Waals surface area contributed by atoms with Crippen molar-refractivity contribution in [1.82, 2.24) is 14.7 Å². The number of hydrogen-bond donors (Lipinski definition) is 1. The molecule has 0 aliphatic carbocycles. The molecule has 1 saturated heterocycles. The summed E-state index contributed by atoms with van der Waals surface area (Å²) < 4.78 is 1.89. The average molecular weight is 245 g/mol. The number of rotatable bonds is 3. The zero-order valence-electron chi connectivity index (χ0n) is 10.0. The Morgan fingerprint density at radius 3 is 2.88 bits per heavy atom. The zero-order valence-corrected chi connectivity index (χ0v) is 10.8. The number of nitrogens with two attached hydrogens (primary N) is 1. The maximum Gasteiger partial charge on any atom is 0.0638 e. The second-order valence-electron chi connectivity index (χ2n) is 4.42. The summed E-state index contributed by atoms with van der Waals surface area (Å²) in [5.74, 6) is 0. The molecule has 1 aliphatic rings. The monoisotopic (exact) mass is 244 g/mol. The summed E-state index contributed by atoms with van der Waals surface area (Å²) >= 11 is 0. The van der Waals surface area contributed by atoms with Crippen LogP contribution in [0.3, 0.4) is 0 Å². The summed E-state index contributed by atoms with van der Waals surface area (Å²) in [6.07, 6.45) is 4.64. The van der Waals surface area contributed by atoms with Gasteiger partial charge >= 0.3 is 0 Å². The standard InChI is InChI=1S/C11H20N4.ClH/c1-9-10(7-14(2)13-9)8-15-5-3-4-11(15)6-12;/h7,11H,3-6,8,12H2,1-2H3;1H. The zero-order chi connectivity index (χ0) is 10.8. The summed E-state index contributed by atoms with van der Waals surface area (Å²) in [5, 5.41) is 4.36. The van der Waals surface area contributed by atoms with Gasteiger partial charge in [0.1, 0.15) is 0 Å². The summed E-state index contributed by atoms with van der Waals surface area (Å²) in [6.45, 7) is 5.03. The van der Waals surface area contributed by atoms with Gasteiger partial charge in [-0.3, -0.25) is 9.58 Å². The Kier molecular flexibility index (Phi) is 4.77. The minimum Gasteiger partial charge on any atom is -0.329 e. The van der Waals surface area contributed by atoms with E-state index in [9.17, 15) is 0 Å². The van der Waals surface area contributed by atoms with Crippen molar-refractivity contribution in [1.29, 1.82) is 0 Å². The Morgan fingerprint density at radius 1 is 1.56 bits per heavy atom. The maximum absolute atomic E-state index is 5.76. The van der Waals surface area contributed by atoms with Crippen molar-refractivity contribution < 1.29 is 0 Å². The highest BCUT2D eigenvalue weighted by Crippen LogP contribution is 2.20. The molecule has 1 atom stereocenters. The molecule has 1 aliphatic heterocycles. The molecule has 0 amide bonds. The summed E-state index contributed by atoms with van der Waals surface area (Å²) in [6, 6.07) is 0.574. The van der Waals surface area contributed by atoms with Gasteiger partial charge in [0, 0.05) is 37.9 Å². The lowest BCUT2D eigenvalue weighted by Gasteiger charge is -2.22. The van der Waals surface area contributed by atoms with Gasteiger partial charge in [-0.2, -0.15) is 5.10 Å². The Labute approximate surface area is 103 Å². The van der Waals surface area contributed by atoms with E-state index in [0.717, 1.165) is 18.8 Å². The highest BCUT2D eigenvalue weighted by Gasteiger charge is 2.23. The highest BCUT2D eigenvalue weighted by atomic mass is 35.5. The van der Waals surface area contributed by atoms with Crippen LogP contribution < -0.4 is 5.73 Å². The van der Waals surface area contributed by atoms with Crippen molar-refractivity contribution in [2.75, 3.05) is 13.1 Å². The van der Waals surface area contributed by atoms with E-state index in [4.69, 9.17) is 5.73 Å². The number of hydrogen-bond acceptors (Lipinski definition) is 3. The summed E-state index contributed by atoms with van der Waals surface area (Å²) in [5.41, 5.74) is 8.23. The van der Waals surface area contributed by atoms with Gasteiger partial charge in [0.15, 0.2) is 0 Å². The van der Waals surface area contributed by atoms with Gasteiger partial charge in [-0.1, -0.05) is 0 Å². The third-order valence-corrected chi connectivity index (χ3v) is 3.26. The molecule has 5 heteroatoms. The fourth-order valence-electron chi connectivity index (χ4n) is 2.39. The van der Waals surface area contributed by atoms with Crippen molar-refractivity contribution in [2.24, 2.45) is 12.8 Å². The number of aromatic nitrogens is 2. The van der Waals surface area contributed by atoms with Crippen LogP contribution >= 0.6 is 12.4 Å². The van der Waals surface area contributed by atoms with Gasteiger partial charge in [0.25, 0.3) is 0 Å². The molecule has 2 heterocycles. The van der Waals surface area contributed by atoms with Crippen LogP contribution in [0.25, 0.3) is 0 Å². The Hall–Kier alpha value is -0.580. The maximum atomic E-state index is 5.76. The molecule has 0 bridgehead atoms. The Bertz CT molecular complexity index is 337. The molecule has 0 radical (unpaired) electrons. The lowest BCUT2D eigenvalue weighted by Crippen LogP contribution is -2.34. The molecular formula is C11H21ClN4. The molecule has 1 fully saturated rings. The third kappa shape index (κ3) is 2.75. The normalized spacial score (nSPS) is 21.1. The molecule has 0 saturated carbocycles. The first-order valence-corrected chi connectivity index (χ1v) is 5.64. The largest absolute Gasteiger partial charge is 0.329 e. The number of aryl methyl sites for hydroxylation is 2. The van der Waals surface area contributed by atoms with Crippen LogP contribution in [0.5, 0.6) is 0 Å². The average Bonchev–Trinajstić information content (AvgIpc) is 2.74. The molecule has 0 aromatic carbocycles. The van der Waals surface area contributed by atoms with Crippen molar-refractivity contribution >= 4 is 12.4 Å². The lowest BCUT2D eigenvalue weighted by atomic mass is 10.2. The minimum absolute atomic E-state index is 0. The highest BCUT2D eigenvalue weighted by molar-refractivity contribution is 5.85. The van der Waals surface area contributed by atoms with Crippen LogP contribution in [-0.2, 0) is 13.6 Å². The van der Waals surface area contributed by atoms with Crippen LogP contribution in [0.1, 0.15) is 24.1 Å². The van der Waals surface area contributed by atoms with Gasteiger partial charge in [-0.05, 0) is 26.3 Å². The molecule has 92 valence electrons. The van der Waals surface area contributed by atoms with Crippen LogP contribution in [0.15, 0.2) is 6.20 Å². The molecule has 1 unspecified atom stereocenters. The van der Waals surface area contributed by atoms with E-state index >= 15 is 0 Å². The lowest BCUT2D eigenvalue weighted by molar-refractivity contribution is 0.250. The molecule has 4 nitrogen and oxygen atoms in total. The molecule has 16 heavy (non-hydrogen) atoms. The van der Waals surface area contributed by atoms with Crippen LogP contribution in [0, 0.1) is 6.92 Å². The van der Waals surface area contributed by atoms with Crippen LogP contribution in [0.2, 0.25) is 0 Å². The summed E-state index contributed by atoms with van der Waals surface area (Å²) in [7, 11) is 1.97. The molecule has 1 aromatic heterocycles. The van der Waals surface area contributed by atoms with E-state index in [1.165, 1.54) is 24.9 Å². The van der Waals surface area contributed by atoms with E-state index in [1.54, 1.807) is 0 Å². The predicted octanol–water partition coefficient (Wildman–Crippen LogP) is 1.07. The van der Waals surface area contributed by atoms with Crippen LogP contribution in [-0.4, -0.2) is 33.8 Å². The van der Waals surface area contributed by atoms with Crippen molar-refractivity contribution in [3.63, 3.8) is 0 Å². The fraction of sp³-hybridized carbons (Fsp3) is 0.727. The Morgan fingerprint density at radius 2 is 2.31 bits per heavy atom. The van der Waals surface area contributed by atoms with E-state index in [1.807, 2.05) is 11.7 Å². The second kappa shape index (κ2) is 5.66. The van der Waals surface area contributed by atoms with Crippen molar-refractivity contribution in [3.05, 3.63) is 17.5 Å². The molecule has 2 N–H and O–H groups in total. The van der Waals surface area contributed by atoms with Gasteiger partial charge in [-0.25, -0.2) is 0 Å². The van der Waals surface area contributed by atoms with Gasteiger partial charge in [0.2, 0.25) is 0 Å². The SMILES string of the molecule is Cc1nn(C)cc1CN1CCCC1CN.Cl. The number of halogens is 1. The molecule has 2 rings (SSSR count). The van der Waals surface area contributed by atoms with Crippen molar-refractivity contribution in [2.45, 2.75) is 32.4 Å². The van der Waals surface area contributed by atoms with Gasteiger partial charge in [0.05, 0.1) is 5.69 Å². The second-order valence-corrected chi connectivity index (χ2v) is 4.42. The third-order valence-electron chi connectivity index (χ3n) is 3.26. The van der Waals surface area contributed by atoms with E-state index in [2.05, 4.69) is 23.1 Å². The van der Waals surface area contributed by atoms with Crippen molar-refractivity contribution in [3.8, 4) is 0 Å². The predicted molar refractivity (Wildman–Crippen MR) is 67.7 cm³/mol. The van der Waals surface area contributed by atoms with Gasteiger partial charge < -0.3 is 5.73 Å². The first-order valence-electron chi connectivity index (χ1n) is 5.64. The fourth-order valence-corrected chi connectivity index (χ4v) is 2.39. The number of likely N-dealkylation sites (tertiary alicyclic amines) is 1. The smallest absolute Gasteiger partial charge is 0.0638 e. The molecular weight excluding hydrogens is 224 g/mol. The van der Waals surface area contributed by atoms with E-state index in [0.29, 0.717) is 6.04 Å². The van der Waals surface area contributed by atoms with E-state index < -0.39 is 0 Å². The number of nitrogens with zero attached hydrogens (tertiary/aromatic N) is 3. The van der Waals surface area contributed by atoms with E-state index in [-0.39, 0.29) is 12.4 Å². The van der Waals surface area contributed by atoms with Gasteiger partial charge in [-0.15, -0.1) is 12.4 Å². The topological polar surface area (TPSA) is 47.1 Å². The first kappa shape index (κ1) is 13.5. The summed E-state index contributed by atoms with van der Waals surface area (Å²) in [4.78, 5) is 2.48. The first-order chi connectivity index (χ1) is 7.20. The molecule has 0 spiro atoms. The minimum atomic E-state index is 0.